The first-order valence-electron chi connectivity index (χ1n) is 18.8. The van der Waals surface area contributed by atoms with Crippen molar-refractivity contribution < 1.29 is 24.9 Å². The van der Waals surface area contributed by atoms with E-state index in [9.17, 15) is 4.79 Å². The molecule has 51 heavy (non-hydrogen) atoms. The summed E-state index contributed by atoms with van der Waals surface area (Å²) in [6.07, 6.45) is 6.28. The Balaban J connectivity index is 0.000000280. The average molecular weight is 885 g/mol. The van der Waals surface area contributed by atoms with Gasteiger partial charge in [-0.25, -0.2) is 0 Å². The maximum atomic E-state index is 13.1. The number of pyridine rings is 1. The second-order valence-corrected chi connectivity index (χ2v) is 18.8. The number of aryl methyl sites for hydroxylation is 1. The van der Waals surface area contributed by atoms with Crippen LogP contribution >= 0.6 is 11.3 Å². The molecule has 5 rings (SSSR count). The van der Waals surface area contributed by atoms with Gasteiger partial charge < -0.3 is 10.3 Å². The van der Waals surface area contributed by atoms with Crippen molar-refractivity contribution in [3.05, 3.63) is 82.4 Å². The van der Waals surface area contributed by atoms with Gasteiger partial charge in [0.15, 0.2) is 5.78 Å². The van der Waals surface area contributed by atoms with Crippen LogP contribution in [0.3, 0.4) is 0 Å². The Kier molecular flexibility index (Phi) is 13.5. The minimum atomic E-state index is -0.342. The molecule has 0 atom stereocenters. The molecule has 1 aliphatic carbocycles. The fourth-order valence-electron chi connectivity index (χ4n) is 8.13. The van der Waals surface area contributed by atoms with Crippen molar-refractivity contribution >= 4 is 37.3 Å². The number of hydrogen-bond donors (Lipinski definition) is 0. The Labute approximate surface area is 328 Å². The summed E-state index contributed by atoms with van der Waals surface area (Å²) in [5, 5.41) is 7.33. The molecule has 4 aromatic rings. The van der Waals surface area contributed by atoms with Gasteiger partial charge in [0.05, 0.1) is 0 Å². The number of carbonyl (C=O) groups excluding carboxylic acids is 1. The first kappa shape index (κ1) is 43.1. The van der Waals surface area contributed by atoms with E-state index in [4.69, 9.17) is 4.98 Å². The maximum absolute atomic E-state index is 13.1. The van der Waals surface area contributed by atoms with Crippen LogP contribution in [0.2, 0.25) is 0 Å². The molecule has 2 aromatic carbocycles. The molecule has 0 N–H and O–H groups in total. The van der Waals surface area contributed by atoms with Gasteiger partial charge >= 0.3 is 0 Å². The van der Waals surface area contributed by atoms with Gasteiger partial charge in [0.25, 0.3) is 0 Å². The Morgan fingerprint density at radius 3 is 1.96 bits per heavy atom. The zero-order chi connectivity index (χ0) is 37.6. The van der Waals surface area contributed by atoms with Crippen LogP contribution in [-0.2, 0) is 35.7 Å². The van der Waals surface area contributed by atoms with E-state index in [-0.39, 0.29) is 47.5 Å². The topological polar surface area (TPSA) is 44.1 Å². The zero-order valence-electron chi connectivity index (χ0n) is 34.4. The van der Waals surface area contributed by atoms with E-state index in [1.165, 1.54) is 44.1 Å². The predicted octanol–water partition coefficient (Wildman–Crippen LogP) is 13.7. The van der Waals surface area contributed by atoms with Crippen LogP contribution in [-0.4, -0.2) is 17.8 Å². The predicted molar refractivity (Wildman–Crippen MR) is 219 cm³/mol. The molecule has 3 nitrogen and oxygen atoms in total. The number of allylic oxidation sites excluding steroid dienone is 2. The molecule has 0 bridgehead atoms. The number of thiophene rings is 1. The van der Waals surface area contributed by atoms with Gasteiger partial charge in [-0.15, -0.1) is 54.3 Å². The van der Waals surface area contributed by atoms with Crippen LogP contribution in [0.25, 0.3) is 36.7 Å². The molecular formula is C46H64IrN2OS-2. The smallest absolute Gasteiger partial charge is 0.160 e. The SMILES string of the molecule is C[N-]/C(=C\C(=O)C(C)(C(C)C)C(C)C)C(C)(C(C)C)C(C)C.Cc1cc2c(c3c1sc1c(-c4[c-]cccc4)nccc13)C(C)(C)CCC2(C)C.[Ir]. The van der Waals surface area contributed by atoms with Crippen LogP contribution in [0.4, 0.5) is 0 Å². The molecule has 2 heterocycles. The van der Waals surface area contributed by atoms with E-state index in [0.29, 0.717) is 23.7 Å². The monoisotopic (exact) mass is 885 g/mol. The number of ketones is 1. The standard InChI is InChI=1S/C26H26NS.C20H39NO.Ir/c1-16-15-19-21(26(4,5)13-12-25(19,2)3)20-18-11-14-27-22(24(18)28-23(16)20)17-9-7-6-8-10-17;1-13(2)19(9,14(3)4)17(21-11)12-18(22)20(10,15(5)6)16(7)8;/h6-9,11,14-15H,12-13H2,1-5H3;12-16H,1-11H3,(H,21,22);/q-1;;/p-1. The Bertz CT molecular complexity index is 1840. The number of fused-ring (bicyclic) bond motifs is 5. The van der Waals surface area contributed by atoms with Crippen LogP contribution < -0.4 is 0 Å². The molecule has 5 heteroatoms. The molecule has 0 saturated carbocycles. The van der Waals surface area contributed by atoms with E-state index < -0.39 is 0 Å². The quantitative estimate of drug-likeness (QED) is 0.124. The van der Waals surface area contributed by atoms with Crippen LogP contribution in [0.1, 0.15) is 126 Å². The van der Waals surface area contributed by atoms with Crippen LogP contribution in [0.15, 0.2) is 54.4 Å². The van der Waals surface area contributed by atoms with E-state index in [1.807, 2.05) is 42.8 Å². The van der Waals surface area contributed by atoms with Crippen LogP contribution in [0.5, 0.6) is 0 Å². The Morgan fingerprint density at radius 1 is 0.882 bits per heavy atom. The molecule has 0 fully saturated rings. The molecule has 1 radical (unpaired) electrons. The summed E-state index contributed by atoms with van der Waals surface area (Å²) in [6.45, 7) is 33.7. The molecule has 0 unspecified atom stereocenters. The van der Waals surface area contributed by atoms with Crippen LogP contribution in [0, 0.1) is 47.5 Å². The number of benzene rings is 2. The molecule has 2 aromatic heterocycles. The molecular weight excluding hydrogens is 821 g/mol. The number of hydrogen-bond acceptors (Lipinski definition) is 3. The second-order valence-electron chi connectivity index (χ2n) is 17.8. The summed E-state index contributed by atoms with van der Waals surface area (Å²) in [6, 6.07) is 16.2. The number of rotatable bonds is 9. The van der Waals surface area contributed by atoms with Gasteiger partial charge in [-0.1, -0.05) is 103 Å². The van der Waals surface area contributed by atoms with Crippen molar-refractivity contribution in [1.29, 1.82) is 0 Å². The van der Waals surface area contributed by atoms with Gasteiger partial charge in [-0.2, -0.15) is 5.70 Å². The zero-order valence-corrected chi connectivity index (χ0v) is 37.6. The summed E-state index contributed by atoms with van der Waals surface area (Å²) in [4.78, 5) is 17.8. The summed E-state index contributed by atoms with van der Waals surface area (Å²) in [7, 11) is 1.81. The van der Waals surface area contributed by atoms with Crippen molar-refractivity contribution in [2.45, 2.75) is 128 Å². The van der Waals surface area contributed by atoms with Crippen molar-refractivity contribution in [2.24, 2.45) is 34.5 Å². The summed E-state index contributed by atoms with van der Waals surface area (Å²) in [5.74, 6) is 1.68. The molecule has 0 amide bonds. The maximum Gasteiger partial charge on any atom is 0.160 e. The third kappa shape index (κ3) is 7.83. The van der Waals surface area contributed by atoms with Crippen molar-refractivity contribution in [3.63, 3.8) is 0 Å². The average Bonchev–Trinajstić information content (AvgIpc) is 3.45. The van der Waals surface area contributed by atoms with Crippen molar-refractivity contribution in [1.82, 2.24) is 4.98 Å². The second kappa shape index (κ2) is 16.0. The molecule has 0 aliphatic heterocycles. The van der Waals surface area contributed by atoms with Gasteiger partial charge in [-0.05, 0) is 93.9 Å². The van der Waals surface area contributed by atoms with Crippen molar-refractivity contribution in [3.8, 4) is 11.3 Å². The summed E-state index contributed by atoms with van der Waals surface area (Å²) in [5.41, 5.74) is 7.55. The summed E-state index contributed by atoms with van der Waals surface area (Å²) < 4.78 is 2.71. The minimum Gasteiger partial charge on any atom is -0.690 e. The van der Waals surface area contributed by atoms with E-state index in [0.717, 1.165) is 17.0 Å². The third-order valence-corrected chi connectivity index (χ3v) is 14.3. The Hall–Kier alpha value is -2.33. The van der Waals surface area contributed by atoms with Gasteiger partial charge in [-0.3, -0.25) is 4.79 Å². The van der Waals surface area contributed by atoms with Gasteiger partial charge in [0.1, 0.15) is 0 Å². The number of nitrogens with zero attached hydrogens (tertiary/aromatic N) is 2. The van der Waals surface area contributed by atoms with E-state index in [2.05, 4.69) is 140 Å². The largest absolute Gasteiger partial charge is 0.690 e. The minimum absolute atomic E-state index is 0. The van der Waals surface area contributed by atoms with Gasteiger partial charge in [0, 0.05) is 52.2 Å². The Morgan fingerprint density at radius 2 is 1.45 bits per heavy atom. The normalized spacial score (nSPS) is 16.0. The molecule has 281 valence electrons. The number of carbonyl (C=O) groups is 1. The fraction of sp³-hybridized carbons (Fsp3) is 0.565. The van der Waals surface area contributed by atoms with Gasteiger partial charge in [0.2, 0.25) is 0 Å². The number of aromatic nitrogens is 1. The van der Waals surface area contributed by atoms with Crippen molar-refractivity contribution in [2.75, 3.05) is 7.05 Å². The summed E-state index contributed by atoms with van der Waals surface area (Å²) >= 11 is 1.90. The van der Waals surface area contributed by atoms with E-state index in [1.54, 1.807) is 5.56 Å². The molecule has 1 aliphatic rings. The fourth-order valence-corrected chi connectivity index (χ4v) is 9.40. The first-order valence-corrected chi connectivity index (χ1v) is 19.7. The molecule has 0 saturated heterocycles. The first-order chi connectivity index (χ1) is 23.2. The van der Waals surface area contributed by atoms with E-state index >= 15 is 0 Å². The molecule has 0 spiro atoms. The third-order valence-electron chi connectivity index (χ3n) is 13.0.